The number of methoxy groups -OCH3 is 2. The van der Waals surface area contributed by atoms with Gasteiger partial charge in [0.1, 0.15) is 13.2 Å². The van der Waals surface area contributed by atoms with Crippen LogP contribution in [0.3, 0.4) is 0 Å². The summed E-state index contributed by atoms with van der Waals surface area (Å²) in [5.74, 6) is 1.41. The maximum Gasteiger partial charge on any atom is 0.163 e. The highest BCUT2D eigenvalue weighted by Gasteiger charge is 2.06. The average molecular weight is 255 g/mol. The number of benzene rings is 1. The molecule has 0 saturated heterocycles. The summed E-state index contributed by atoms with van der Waals surface area (Å²) in [7, 11) is 5.15. The van der Waals surface area contributed by atoms with E-state index in [1.165, 1.54) is 0 Å². The van der Waals surface area contributed by atoms with Crippen LogP contribution in [0.1, 0.15) is 0 Å². The van der Waals surface area contributed by atoms with Crippen molar-refractivity contribution in [3.63, 3.8) is 0 Å². The zero-order valence-corrected chi connectivity index (χ0v) is 11.2. The summed E-state index contributed by atoms with van der Waals surface area (Å²) >= 11 is 0. The molecule has 0 aromatic heterocycles. The molecule has 0 saturated carbocycles. The van der Waals surface area contributed by atoms with Gasteiger partial charge in [0, 0.05) is 33.0 Å². The van der Waals surface area contributed by atoms with E-state index in [1.807, 2.05) is 25.2 Å². The molecule has 0 radical (unpaired) electrons. The van der Waals surface area contributed by atoms with Crippen LogP contribution in [-0.4, -0.2) is 47.7 Å². The smallest absolute Gasteiger partial charge is 0.163 e. The molecule has 0 fully saturated rings. The van der Waals surface area contributed by atoms with Gasteiger partial charge in [0.15, 0.2) is 11.5 Å². The Morgan fingerprint density at radius 2 is 1.50 bits per heavy atom. The third-order valence-electron chi connectivity index (χ3n) is 2.32. The van der Waals surface area contributed by atoms with Gasteiger partial charge in [-0.3, -0.25) is 0 Å². The van der Waals surface area contributed by atoms with Crippen LogP contribution in [0.5, 0.6) is 11.5 Å². The molecule has 0 aliphatic carbocycles. The first-order valence-electron chi connectivity index (χ1n) is 5.87. The molecule has 0 aliphatic rings. The Morgan fingerprint density at radius 3 is 2.06 bits per heavy atom. The Bertz CT molecular complexity index is 344. The molecule has 5 nitrogen and oxygen atoms in total. The molecule has 0 unspecified atom stereocenters. The Balaban J connectivity index is 2.66. The van der Waals surface area contributed by atoms with Crippen LogP contribution in [0.2, 0.25) is 0 Å². The van der Waals surface area contributed by atoms with E-state index in [1.54, 1.807) is 14.2 Å². The van der Waals surface area contributed by atoms with Gasteiger partial charge in [-0.25, -0.2) is 0 Å². The lowest BCUT2D eigenvalue weighted by Gasteiger charge is -2.13. The Morgan fingerprint density at radius 1 is 0.889 bits per heavy atom. The van der Waals surface area contributed by atoms with Gasteiger partial charge in [-0.15, -0.1) is 0 Å². The summed E-state index contributed by atoms with van der Waals surface area (Å²) in [6.45, 7) is 2.08. The molecule has 1 N–H and O–H groups in total. The fourth-order valence-corrected chi connectivity index (χ4v) is 1.37. The first-order valence-corrected chi connectivity index (χ1v) is 5.87. The van der Waals surface area contributed by atoms with E-state index in [0.29, 0.717) is 37.9 Å². The van der Waals surface area contributed by atoms with E-state index in [-0.39, 0.29) is 0 Å². The van der Waals surface area contributed by atoms with Gasteiger partial charge >= 0.3 is 0 Å². The predicted molar refractivity (Wildman–Crippen MR) is 70.7 cm³/mol. The van der Waals surface area contributed by atoms with Crippen LogP contribution in [0.25, 0.3) is 0 Å². The highest BCUT2D eigenvalue weighted by molar-refractivity contribution is 5.54. The molecule has 0 bridgehead atoms. The van der Waals surface area contributed by atoms with Crippen molar-refractivity contribution in [2.24, 2.45) is 0 Å². The third kappa shape index (κ3) is 4.81. The molecule has 1 aromatic rings. The van der Waals surface area contributed by atoms with E-state index in [9.17, 15) is 0 Å². The van der Waals surface area contributed by atoms with E-state index in [4.69, 9.17) is 18.9 Å². The van der Waals surface area contributed by atoms with Gasteiger partial charge in [-0.1, -0.05) is 0 Å². The first-order chi connectivity index (χ1) is 8.81. The van der Waals surface area contributed by atoms with Crippen molar-refractivity contribution in [1.82, 2.24) is 0 Å². The summed E-state index contributed by atoms with van der Waals surface area (Å²) < 4.78 is 21.1. The minimum Gasteiger partial charge on any atom is -0.487 e. The Labute approximate surface area is 108 Å². The average Bonchev–Trinajstić information content (AvgIpc) is 2.40. The fraction of sp³-hybridized carbons (Fsp3) is 0.538. The summed E-state index contributed by atoms with van der Waals surface area (Å²) in [5.41, 5.74) is 0.974. The first kappa shape index (κ1) is 14.6. The third-order valence-corrected chi connectivity index (χ3v) is 2.32. The summed E-state index contributed by atoms with van der Waals surface area (Å²) in [6.07, 6.45) is 0. The molecular weight excluding hydrogens is 234 g/mol. The Hall–Kier alpha value is -1.46. The summed E-state index contributed by atoms with van der Waals surface area (Å²) in [5, 5.41) is 3.06. The maximum absolute atomic E-state index is 5.62. The minimum absolute atomic E-state index is 0.490. The minimum atomic E-state index is 0.490. The second kappa shape index (κ2) is 8.60. The molecule has 1 aromatic carbocycles. The molecule has 1 rings (SSSR count). The lowest BCUT2D eigenvalue weighted by Crippen LogP contribution is -2.08. The molecule has 0 amide bonds. The zero-order chi connectivity index (χ0) is 13.2. The SMILES string of the molecule is CNc1ccc(OCCOC)c(OCCOC)c1. The fourth-order valence-electron chi connectivity index (χ4n) is 1.37. The van der Waals surface area contributed by atoms with E-state index in [0.717, 1.165) is 5.69 Å². The van der Waals surface area contributed by atoms with Crippen molar-refractivity contribution in [1.29, 1.82) is 0 Å². The van der Waals surface area contributed by atoms with Crippen molar-refractivity contribution >= 4 is 5.69 Å². The van der Waals surface area contributed by atoms with E-state index < -0.39 is 0 Å². The number of ether oxygens (including phenoxy) is 4. The number of rotatable bonds is 9. The molecule has 0 aliphatic heterocycles. The van der Waals surface area contributed by atoms with Crippen LogP contribution in [0.4, 0.5) is 5.69 Å². The highest BCUT2D eigenvalue weighted by Crippen LogP contribution is 2.30. The molecule has 0 atom stereocenters. The normalized spacial score (nSPS) is 10.2. The van der Waals surface area contributed by atoms with Crippen molar-refractivity contribution in [3.8, 4) is 11.5 Å². The lowest BCUT2D eigenvalue weighted by molar-refractivity contribution is 0.132. The molecule has 0 heterocycles. The van der Waals surface area contributed by atoms with Gasteiger partial charge in [-0.2, -0.15) is 0 Å². The van der Waals surface area contributed by atoms with E-state index >= 15 is 0 Å². The van der Waals surface area contributed by atoms with E-state index in [2.05, 4.69) is 5.32 Å². The zero-order valence-electron chi connectivity index (χ0n) is 11.2. The van der Waals surface area contributed by atoms with Crippen LogP contribution < -0.4 is 14.8 Å². The van der Waals surface area contributed by atoms with Crippen LogP contribution in [0, 0.1) is 0 Å². The highest BCUT2D eigenvalue weighted by atomic mass is 16.5. The summed E-state index contributed by atoms with van der Waals surface area (Å²) in [4.78, 5) is 0. The molecular formula is C13H21NO4. The largest absolute Gasteiger partial charge is 0.487 e. The maximum atomic E-state index is 5.62. The predicted octanol–water partition coefficient (Wildman–Crippen LogP) is 1.78. The second-order valence-corrected chi connectivity index (χ2v) is 3.59. The van der Waals surface area contributed by atoms with Crippen molar-refractivity contribution in [2.45, 2.75) is 0 Å². The number of hydrogen-bond donors (Lipinski definition) is 1. The van der Waals surface area contributed by atoms with Gasteiger partial charge < -0.3 is 24.3 Å². The topological polar surface area (TPSA) is 49.0 Å². The summed E-state index contributed by atoms with van der Waals surface area (Å²) in [6, 6.07) is 5.72. The second-order valence-electron chi connectivity index (χ2n) is 3.59. The molecule has 18 heavy (non-hydrogen) atoms. The number of hydrogen-bond acceptors (Lipinski definition) is 5. The van der Waals surface area contributed by atoms with Crippen molar-refractivity contribution in [2.75, 3.05) is 53.0 Å². The quantitative estimate of drug-likeness (QED) is 0.682. The van der Waals surface area contributed by atoms with Crippen LogP contribution in [-0.2, 0) is 9.47 Å². The Kier molecular flexibility index (Phi) is 6.98. The van der Waals surface area contributed by atoms with Crippen molar-refractivity contribution in [3.05, 3.63) is 18.2 Å². The van der Waals surface area contributed by atoms with Crippen molar-refractivity contribution < 1.29 is 18.9 Å². The standard InChI is InChI=1S/C13H21NO4/c1-14-11-4-5-12(17-8-6-15-2)13(10-11)18-9-7-16-3/h4-5,10,14H,6-9H2,1-3H3. The van der Waals surface area contributed by atoms with Gasteiger partial charge in [0.25, 0.3) is 0 Å². The molecule has 5 heteroatoms. The number of anilines is 1. The lowest BCUT2D eigenvalue weighted by atomic mass is 10.3. The molecule has 0 spiro atoms. The van der Waals surface area contributed by atoms with Gasteiger partial charge in [0.2, 0.25) is 0 Å². The molecule has 102 valence electrons. The van der Waals surface area contributed by atoms with Gasteiger partial charge in [-0.05, 0) is 12.1 Å². The van der Waals surface area contributed by atoms with Crippen LogP contribution >= 0.6 is 0 Å². The monoisotopic (exact) mass is 255 g/mol. The number of nitrogens with one attached hydrogen (secondary N) is 1. The van der Waals surface area contributed by atoms with Crippen LogP contribution in [0.15, 0.2) is 18.2 Å². The van der Waals surface area contributed by atoms with Gasteiger partial charge in [0.05, 0.1) is 13.2 Å².